The summed E-state index contributed by atoms with van der Waals surface area (Å²) in [6.07, 6.45) is 5.81. The molecule has 1 atom stereocenters. The lowest BCUT2D eigenvalue weighted by Gasteiger charge is -2.16. The summed E-state index contributed by atoms with van der Waals surface area (Å²) in [5.74, 6) is -0.337. The molecule has 0 bridgehead atoms. The van der Waals surface area contributed by atoms with Crippen molar-refractivity contribution in [3.05, 3.63) is 35.4 Å². The van der Waals surface area contributed by atoms with Crippen LogP contribution in [0.4, 0.5) is 0 Å². The molecule has 2 heteroatoms. The van der Waals surface area contributed by atoms with E-state index in [-0.39, 0.29) is 5.92 Å². The minimum Gasteiger partial charge on any atom is -0.481 e. The quantitative estimate of drug-likeness (QED) is 0.861. The lowest BCUT2D eigenvalue weighted by atomic mass is 9.89. The summed E-state index contributed by atoms with van der Waals surface area (Å²) in [5.41, 5.74) is 2.62. The van der Waals surface area contributed by atoms with Crippen molar-refractivity contribution in [1.82, 2.24) is 0 Å². The molecule has 0 heterocycles. The van der Waals surface area contributed by atoms with E-state index >= 15 is 0 Å². The molecule has 1 unspecified atom stereocenters. The third-order valence-corrected chi connectivity index (χ3v) is 3.80. The van der Waals surface area contributed by atoms with Crippen LogP contribution in [-0.4, -0.2) is 11.1 Å². The van der Waals surface area contributed by atoms with Crippen molar-refractivity contribution >= 4 is 5.97 Å². The third-order valence-electron chi connectivity index (χ3n) is 3.80. The van der Waals surface area contributed by atoms with Crippen LogP contribution < -0.4 is 0 Å². The predicted molar refractivity (Wildman–Crippen MR) is 68.2 cm³/mol. The summed E-state index contributed by atoms with van der Waals surface area (Å²) in [6.45, 7) is 1.79. The second-order valence-corrected chi connectivity index (χ2v) is 5.12. The van der Waals surface area contributed by atoms with Gasteiger partial charge in [0.05, 0.1) is 5.92 Å². The summed E-state index contributed by atoms with van der Waals surface area (Å²) in [7, 11) is 0. The van der Waals surface area contributed by atoms with E-state index in [0.717, 1.165) is 0 Å². The Labute approximate surface area is 103 Å². The van der Waals surface area contributed by atoms with E-state index in [1.807, 2.05) is 6.07 Å². The lowest BCUT2D eigenvalue weighted by Crippen LogP contribution is -2.13. The van der Waals surface area contributed by atoms with Gasteiger partial charge in [-0.2, -0.15) is 0 Å². The first-order valence-electron chi connectivity index (χ1n) is 6.49. The normalized spacial score (nSPS) is 18.2. The van der Waals surface area contributed by atoms with Crippen LogP contribution in [-0.2, 0) is 11.2 Å². The molecule has 2 nitrogen and oxygen atoms in total. The van der Waals surface area contributed by atoms with Gasteiger partial charge in [-0.3, -0.25) is 4.79 Å². The molecule has 2 rings (SSSR count). The molecule has 1 aliphatic rings. The molecule has 1 aromatic rings. The van der Waals surface area contributed by atoms with Crippen molar-refractivity contribution in [3.8, 4) is 0 Å². The van der Waals surface area contributed by atoms with Crippen LogP contribution in [0.15, 0.2) is 24.3 Å². The summed E-state index contributed by atoms with van der Waals surface area (Å²) in [4.78, 5) is 10.9. The van der Waals surface area contributed by atoms with Gasteiger partial charge in [-0.15, -0.1) is 0 Å². The van der Waals surface area contributed by atoms with Crippen molar-refractivity contribution in [2.75, 3.05) is 0 Å². The number of benzene rings is 1. The number of rotatable bonds is 4. The molecular formula is C15H20O2. The number of carboxylic acid groups (broad SMARTS) is 1. The van der Waals surface area contributed by atoms with Crippen LogP contribution in [0.25, 0.3) is 0 Å². The Kier molecular flexibility index (Phi) is 3.82. The molecule has 17 heavy (non-hydrogen) atoms. The van der Waals surface area contributed by atoms with E-state index in [1.165, 1.54) is 36.8 Å². The molecule has 92 valence electrons. The van der Waals surface area contributed by atoms with E-state index in [1.54, 1.807) is 6.92 Å². The summed E-state index contributed by atoms with van der Waals surface area (Å²) in [5, 5.41) is 9.00. The Morgan fingerprint density at radius 2 is 2.00 bits per heavy atom. The van der Waals surface area contributed by atoms with Gasteiger partial charge in [0.25, 0.3) is 0 Å². The summed E-state index contributed by atoms with van der Waals surface area (Å²) >= 11 is 0. The number of hydrogen-bond acceptors (Lipinski definition) is 1. The molecule has 1 aromatic carbocycles. The number of carboxylic acids is 1. The highest BCUT2D eigenvalue weighted by Crippen LogP contribution is 2.36. The molecule has 1 saturated carbocycles. The Balaban J connectivity index is 2.18. The van der Waals surface area contributed by atoms with Gasteiger partial charge in [-0.1, -0.05) is 44.0 Å². The number of carbonyl (C=O) groups is 1. The molecule has 0 amide bonds. The zero-order chi connectivity index (χ0) is 12.3. The van der Waals surface area contributed by atoms with E-state index < -0.39 is 5.97 Å². The molecule has 0 spiro atoms. The van der Waals surface area contributed by atoms with Crippen molar-refractivity contribution in [2.24, 2.45) is 5.92 Å². The Morgan fingerprint density at radius 3 is 2.65 bits per heavy atom. The fraction of sp³-hybridized carbons (Fsp3) is 0.533. The van der Waals surface area contributed by atoms with Crippen LogP contribution in [0, 0.1) is 5.92 Å². The number of aliphatic carboxylic acids is 1. The van der Waals surface area contributed by atoms with E-state index in [9.17, 15) is 4.79 Å². The molecule has 0 aliphatic heterocycles. The first-order valence-corrected chi connectivity index (χ1v) is 6.49. The monoisotopic (exact) mass is 232 g/mol. The van der Waals surface area contributed by atoms with Crippen LogP contribution in [0.3, 0.4) is 0 Å². The van der Waals surface area contributed by atoms with E-state index in [2.05, 4.69) is 18.2 Å². The maximum atomic E-state index is 10.9. The Morgan fingerprint density at radius 1 is 1.35 bits per heavy atom. The fourth-order valence-corrected chi connectivity index (χ4v) is 2.77. The molecule has 1 aliphatic carbocycles. The molecular weight excluding hydrogens is 212 g/mol. The van der Waals surface area contributed by atoms with Crippen LogP contribution in [0.5, 0.6) is 0 Å². The highest BCUT2D eigenvalue weighted by atomic mass is 16.4. The average molecular weight is 232 g/mol. The predicted octanol–water partition coefficient (Wildman–Crippen LogP) is 3.61. The standard InChI is InChI=1S/C15H20O2/c1-11(15(16)17)10-13-8-4-5-9-14(13)12-6-2-3-7-12/h4-5,8-9,11-12H,2-3,6-7,10H2,1H3,(H,16,17). The molecule has 0 aromatic heterocycles. The van der Waals surface area contributed by atoms with Crippen molar-refractivity contribution in [2.45, 2.75) is 44.9 Å². The molecule has 0 saturated heterocycles. The zero-order valence-corrected chi connectivity index (χ0v) is 10.4. The van der Waals surface area contributed by atoms with Crippen LogP contribution >= 0.6 is 0 Å². The first-order chi connectivity index (χ1) is 8.18. The molecule has 1 fully saturated rings. The minimum atomic E-state index is -0.703. The van der Waals surface area contributed by atoms with Crippen molar-refractivity contribution < 1.29 is 9.90 Å². The van der Waals surface area contributed by atoms with Crippen LogP contribution in [0.1, 0.15) is 49.7 Å². The SMILES string of the molecule is CC(Cc1ccccc1C1CCCC1)C(=O)O. The molecule has 0 radical (unpaired) electrons. The van der Waals surface area contributed by atoms with Gasteiger partial charge >= 0.3 is 5.97 Å². The van der Waals surface area contributed by atoms with Crippen molar-refractivity contribution in [1.29, 1.82) is 0 Å². The van der Waals surface area contributed by atoms with Gasteiger partial charge in [0.15, 0.2) is 0 Å². The second kappa shape index (κ2) is 5.35. The van der Waals surface area contributed by atoms with Gasteiger partial charge in [-0.25, -0.2) is 0 Å². The third kappa shape index (κ3) is 2.87. The number of hydrogen-bond donors (Lipinski definition) is 1. The Bertz CT molecular complexity index is 392. The second-order valence-electron chi connectivity index (χ2n) is 5.12. The summed E-state index contributed by atoms with van der Waals surface area (Å²) < 4.78 is 0. The van der Waals surface area contributed by atoms with E-state index in [0.29, 0.717) is 12.3 Å². The zero-order valence-electron chi connectivity index (χ0n) is 10.4. The van der Waals surface area contributed by atoms with E-state index in [4.69, 9.17) is 5.11 Å². The first kappa shape index (κ1) is 12.2. The smallest absolute Gasteiger partial charge is 0.306 e. The fourth-order valence-electron chi connectivity index (χ4n) is 2.77. The van der Waals surface area contributed by atoms with Crippen LogP contribution in [0.2, 0.25) is 0 Å². The maximum Gasteiger partial charge on any atom is 0.306 e. The van der Waals surface area contributed by atoms with Gasteiger partial charge in [0.2, 0.25) is 0 Å². The van der Waals surface area contributed by atoms with Gasteiger partial charge in [0, 0.05) is 0 Å². The topological polar surface area (TPSA) is 37.3 Å². The maximum absolute atomic E-state index is 10.9. The highest BCUT2D eigenvalue weighted by molar-refractivity contribution is 5.70. The highest BCUT2D eigenvalue weighted by Gasteiger charge is 2.21. The van der Waals surface area contributed by atoms with Gasteiger partial charge < -0.3 is 5.11 Å². The van der Waals surface area contributed by atoms with Crippen molar-refractivity contribution in [3.63, 3.8) is 0 Å². The Hall–Kier alpha value is -1.31. The molecule has 1 N–H and O–H groups in total. The minimum absolute atomic E-state index is 0.294. The largest absolute Gasteiger partial charge is 0.481 e. The van der Waals surface area contributed by atoms with Gasteiger partial charge in [0.1, 0.15) is 0 Å². The summed E-state index contributed by atoms with van der Waals surface area (Å²) in [6, 6.07) is 8.36. The van der Waals surface area contributed by atoms with Gasteiger partial charge in [-0.05, 0) is 36.3 Å². The lowest BCUT2D eigenvalue weighted by molar-refractivity contribution is -0.141. The average Bonchev–Trinajstić information content (AvgIpc) is 2.83.